The minimum Gasteiger partial charge on any atom is -0.323 e. The van der Waals surface area contributed by atoms with Gasteiger partial charge in [-0.1, -0.05) is 76.9 Å². The quantitative estimate of drug-likeness (QED) is 0.589. The summed E-state index contributed by atoms with van der Waals surface area (Å²) in [6.45, 7) is 0.520. The summed E-state index contributed by atoms with van der Waals surface area (Å²) >= 11 is 19.2. The van der Waals surface area contributed by atoms with E-state index in [1.807, 2.05) is 30.3 Å². The number of benzene rings is 2. The lowest BCUT2D eigenvalue weighted by Crippen LogP contribution is -2.15. The molecule has 6 nitrogen and oxygen atoms in total. The molecule has 3 rings (SSSR count). The Morgan fingerprint density at radius 3 is 2.50 bits per heavy atom. The van der Waals surface area contributed by atoms with Crippen molar-refractivity contribution in [3.8, 4) is 0 Å². The predicted octanol–water partition coefficient (Wildman–Crippen LogP) is 4.41. The van der Waals surface area contributed by atoms with E-state index >= 15 is 0 Å². The maximum absolute atomic E-state index is 12.2. The van der Waals surface area contributed by atoms with E-state index < -0.39 is 0 Å². The Kier molecular flexibility index (Phi) is 6.37. The molecule has 0 radical (unpaired) electrons. The van der Waals surface area contributed by atoms with E-state index in [4.69, 9.17) is 34.8 Å². The van der Waals surface area contributed by atoms with Gasteiger partial charge in [-0.2, -0.15) is 0 Å². The highest BCUT2D eigenvalue weighted by Gasteiger charge is 2.14. The van der Waals surface area contributed by atoms with Gasteiger partial charge in [-0.3, -0.25) is 4.79 Å². The number of rotatable bonds is 6. The van der Waals surface area contributed by atoms with Gasteiger partial charge in [-0.25, -0.2) is 4.68 Å². The molecule has 0 saturated carbocycles. The summed E-state index contributed by atoms with van der Waals surface area (Å²) < 4.78 is 1.63. The van der Waals surface area contributed by atoms with Gasteiger partial charge in [-0.05, 0) is 28.1 Å². The lowest BCUT2D eigenvalue weighted by atomic mass is 10.2. The van der Waals surface area contributed by atoms with E-state index in [1.165, 1.54) is 23.9 Å². The van der Waals surface area contributed by atoms with Gasteiger partial charge >= 0.3 is 0 Å². The third-order valence-electron chi connectivity index (χ3n) is 3.28. The zero-order valence-corrected chi connectivity index (χ0v) is 16.3. The van der Waals surface area contributed by atoms with Crippen molar-refractivity contribution in [2.75, 3.05) is 11.1 Å². The number of halogens is 3. The molecule has 0 aliphatic carbocycles. The second-order valence-electron chi connectivity index (χ2n) is 5.19. The summed E-state index contributed by atoms with van der Waals surface area (Å²) in [4.78, 5) is 12.2. The molecular formula is C16H12Cl3N5OS. The minimum atomic E-state index is -0.282. The molecule has 2 aromatic carbocycles. The number of thioether (sulfide) groups is 1. The fraction of sp³-hybridized carbons (Fsp3) is 0.125. The van der Waals surface area contributed by atoms with Crippen LogP contribution in [0.1, 0.15) is 5.56 Å². The Morgan fingerprint density at radius 1 is 1.12 bits per heavy atom. The van der Waals surface area contributed by atoms with Crippen molar-refractivity contribution in [2.24, 2.45) is 0 Å². The van der Waals surface area contributed by atoms with Crippen molar-refractivity contribution in [3.63, 3.8) is 0 Å². The van der Waals surface area contributed by atoms with Crippen LogP contribution in [0.5, 0.6) is 0 Å². The summed E-state index contributed by atoms with van der Waals surface area (Å²) in [5, 5.41) is 15.7. The number of hydrogen-bond acceptors (Lipinski definition) is 5. The van der Waals surface area contributed by atoms with Crippen LogP contribution in [0.4, 0.5) is 5.69 Å². The van der Waals surface area contributed by atoms with Gasteiger partial charge in [0, 0.05) is 5.02 Å². The molecular weight excluding hydrogens is 417 g/mol. The molecule has 0 aliphatic heterocycles. The van der Waals surface area contributed by atoms with Gasteiger partial charge in [0.05, 0.1) is 28.0 Å². The fourth-order valence-electron chi connectivity index (χ4n) is 2.12. The third-order valence-corrected chi connectivity index (χ3v) is 5.05. The first-order chi connectivity index (χ1) is 12.5. The smallest absolute Gasteiger partial charge is 0.234 e. The van der Waals surface area contributed by atoms with Gasteiger partial charge in [0.15, 0.2) is 0 Å². The maximum Gasteiger partial charge on any atom is 0.234 e. The van der Waals surface area contributed by atoms with Crippen LogP contribution in [0.15, 0.2) is 47.6 Å². The van der Waals surface area contributed by atoms with Crippen molar-refractivity contribution >= 4 is 58.2 Å². The van der Waals surface area contributed by atoms with Crippen molar-refractivity contribution in [3.05, 3.63) is 63.1 Å². The van der Waals surface area contributed by atoms with Crippen LogP contribution in [0, 0.1) is 0 Å². The van der Waals surface area contributed by atoms with Crippen molar-refractivity contribution in [1.29, 1.82) is 0 Å². The Bertz CT molecular complexity index is 896. The Hall–Kier alpha value is -1.80. The van der Waals surface area contributed by atoms with E-state index in [1.54, 1.807) is 4.68 Å². The summed E-state index contributed by atoms with van der Waals surface area (Å²) in [7, 11) is 0. The summed E-state index contributed by atoms with van der Waals surface area (Å²) in [6, 6.07) is 12.8. The van der Waals surface area contributed by atoms with Crippen LogP contribution in [0.2, 0.25) is 15.1 Å². The molecule has 0 bridgehead atoms. The highest BCUT2D eigenvalue weighted by atomic mass is 35.5. The second kappa shape index (κ2) is 8.73. The SMILES string of the molecule is O=C(CSc1nnnn1Cc1ccccc1)Nc1c(Cl)cc(Cl)cc1Cl. The van der Waals surface area contributed by atoms with E-state index in [9.17, 15) is 4.79 Å². The highest BCUT2D eigenvalue weighted by Crippen LogP contribution is 2.33. The van der Waals surface area contributed by atoms with Crippen LogP contribution in [0.25, 0.3) is 0 Å². The Balaban J connectivity index is 1.62. The van der Waals surface area contributed by atoms with E-state index in [-0.39, 0.29) is 21.7 Å². The molecule has 0 fully saturated rings. The number of carbonyl (C=O) groups is 1. The fourth-order valence-corrected chi connectivity index (χ4v) is 3.71. The maximum atomic E-state index is 12.2. The first kappa shape index (κ1) is 19.0. The molecule has 1 aromatic heterocycles. The van der Waals surface area contributed by atoms with Crippen LogP contribution in [-0.4, -0.2) is 31.9 Å². The molecule has 0 atom stereocenters. The van der Waals surface area contributed by atoms with Crippen molar-refractivity contribution in [2.45, 2.75) is 11.7 Å². The highest BCUT2D eigenvalue weighted by molar-refractivity contribution is 7.99. The van der Waals surface area contributed by atoms with Gasteiger partial charge in [0.1, 0.15) is 0 Å². The monoisotopic (exact) mass is 427 g/mol. The average Bonchev–Trinajstić information content (AvgIpc) is 3.04. The zero-order chi connectivity index (χ0) is 18.5. The normalized spacial score (nSPS) is 10.7. The Morgan fingerprint density at radius 2 is 1.81 bits per heavy atom. The molecule has 134 valence electrons. The molecule has 1 heterocycles. The van der Waals surface area contributed by atoms with Crippen LogP contribution >= 0.6 is 46.6 Å². The van der Waals surface area contributed by atoms with E-state index in [0.29, 0.717) is 22.4 Å². The van der Waals surface area contributed by atoms with Crippen LogP contribution < -0.4 is 5.32 Å². The van der Waals surface area contributed by atoms with Crippen LogP contribution in [0.3, 0.4) is 0 Å². The Labute approximate surface area is 168 Å². The molecule has 0 unspecified atom stereocenters. The number of nitrogens with zero attached hydrogens (tertiary/aromatic N) is 4. The van der Waals surface area contributed by atoms with Gasteiger partial charge in [-0.15, -0.1) is 5.10 Å². The first-order valence-corrected chi connectivity index (χ1v) is 9.52. The van der Waals surface area contributed by atoms with Crippen molar-refractivity contribution in [1.82, 2.24) is 20.2 Å². The number of nitrogens with one attached hydrogen (secondary N) is 1. The summed E-state index contributed by atoms with van der Waals surface area (Å²) in [5.41, 5.74) is 1.39. The van der Waals surface area contributed by atoms with E-state index in [0.717, 1.165) is 5.56 Å². The number of anilines is 1. The summed E-state index contributed by atoms with van der Waals surface area (Å²) in [6.07, 6.45) is 0. The predicted molar refractivity (Wildman–Crippen MR) is 104 cm³/mol. The van der Waals surface area contributed by atoms with Gasteiger partial charge in [0.2, 0.25) is 11.1 Å². The van der Waals surface area contributed by atoms with Gasteiger partial charge in [0.25, 0.3) is 0 Å². The molecule has 0 aliphatic rings. The first-order valence-electron chi connectivity index (χ1n) is 7.40. The molecule has 0 saturated heterocycles. The zero-order valence-electron chi connectivity index (χ0n) is 13.2. The van der Waals surface area contributed by atoms with Crippen molar-refractivity contribution < 1.29 is 4.79 Å². The molecule has 0 spiro atoms. The minimum absolute atomic E-state index is 0.102. The number of carbonyl (C=O) groups excluding carboxylic acids is 1. The van der Waals surface area contributed by atoms with E-state index in [2.05, 4.69) is 20.8 Å². The molecule has 1 N–H and O–H groups in total. The topological polar surface area (TPSA) is 72.7 Å². The molecule has 26 heavy (non-hydrogen) atoms. The standard InChI is InChI=1S/C16H12Cl3N5OS/c17-11-6-12(18)15(13(19)7-11)20-14(25)9-26-16-21-22-23-24(16)8-10-4-2-1-3-5-10/h1-7H,8-9H2,(H,20,25). The number of tetrazole rings is 1. The molecule has 3 aromatic rings. The largest absolute Gasteiger partial charge is 0.323 e. The third kappa shape index (κ3) is 4.88. The lowest BCUT2D eigenvalue weighted by Gasteiger charge is -2.09. The van der Waals surface area contributed by atoms with Crippen LogP contribution in [-0.2, 0) is 11.3 Å². The second-order valence-corrected chi connectivity index (χ2v) is 7.38. The lowest BCUT2D eigenvalue weighted by molar-refractivity contribution is -0.113. The van der Waals surface area contributed by atoms with Gasteiger partial charge < -0.3 is 5.32 Å². The molecule has 1 amide bonds. The molecule has 10 heteroatoms. The number of hydrogen-bond donors (Lipinski definition) is 1. The number of aromatic nitrogens is 4. The number of amides is 1. The average molecular weight is 429 g/mol. The summed E-state index contributed by atoms with van der Waals surface area (Å²) in [5.74, 6) is -0.180.